The van der Waals surface area contributed by atoms with E-state index in [0.717, 1.165) is 0 Å². The van der Waals surface area contributed by atoms with Crippen LogP contribution in [0, 0.1) is 0 Å². The number of carbonyl (C=O) groups is 3. The fourth-order valence-electron chi connectivity index (χ4n) is 2.31. The molecule has 2 rings (SSSR count). The first-order chi connectivity index (χ1) is 9.43. The van der Waals surface area contributed by atoms with E-state index in [1.54, 1.807) is 23.1 Å². The van der Waals surface area contributed by atoms with Gasteiger partial charge in [-0.15, -0.1) is 0 Å². The van der Waals surface area contributed by atoms with Crippen LogP contribution in [0.15, 0.2) is 18.2 Å². The van der Waals surface area contributed by atoms with Gasteiger partial charge in [-0.1, -0.05) is 18.5 Å². The highest BCUT2D eigenvalue weighted by Gasteiger charge is 2.32. The second-order valence-corrected chi connectivity index (χ2v) is 5.09. The normalized spacial score (nSPS) is 18.9. The van der Waals surface area contributed by atoms with E-state index in [2.05, 4.69) is 5.32 Å². The third kappa shape index (κ3) is 2.67. The molecule has 1 unspecified atom stereocenters. The maximum absolute atomic E-state index is 11.8. The van der Waals surface area contributed by atoms with E-state index < -0.39 is 6.04 Å². The Balaban J connectivity index is 2.38. The number of imide groups is 1. The van der Waals surface area contributed by atoms with Gasteiger partial charge in [0.2, 0.25) is 11.8 Å². The lowest BCUT2D eigenvalue weighted by Crippen LogP contribution is -2.58. The van der Waals surface area contributed by atoms with Crippen molar-refractivity contribution in [2.24, 2.45) is 0 Å². The van der Waals surface area contributed by atoms with E-state index in [9.17, 15) is 14.4 Å². The average Bonchev–Trinajstić information content (AvgIpc) is 2.37. The van der Waals surface area contributed by atoms with Crippen molar-refractivity contribution in [3.8, 4) is 0 Å². The molecule has 0 bridgehead atoms. The zero-order valence-electron chi connectivity index (χ0n) is 11.3. The summed E-state index contributed by atoms with van der Waals surface area (Å²) < 4.78 is 0. The number of benzene rings is 1. The number of anilines is 1. The summed E-state index contributed by atoms with van der Waals surface area (Å²) in [5.74, 6) is -0.775. The van der Waals surface area contributed by atoms with Crippen molar-refractivity contribution in [1.29, 1.82) is 0 Å². The molecule has 5 nitrogen and oxygen atoms in total. The Bertz CT molecular complexity index is 586. The van der Waals surface area contributed by atoms with Crippen LogP contribution in [0.2, 0.25) is 5.02 Å². The van der Waals surface area contributed by atoms with Gasteiger partial charge in [0.05, 0.1) is 11.6 Å². The third-order valence-corrected chi connectivity index (χ3v) is 3.62. The standard InChI is InChI=1S/C14H15ClN2O3/c1-3-12-14(20)16-13(19)7-17(12)9-4-5-10(8(2)18)11(15)6-9/h4-6,12H,3,7H2,1-2H3,(H,16,19,20). The van der Waals surface area contributed by atoms with Gasteiger partial charge in [-0.25, -0.2) is 0 Å². The van der Waals surface area contributed by atoms with E-state index in [-0.39, 0.29) is 24.1 Å². The molecule has 106 valence electrons. The second-order valence-electron chi connectivity index (χ2n) is 4.68. The molecule has 2 amide bonds. The molecule has 0 radical (unpaired) electrons. The summed E-state index contributed by atoms with van der Waals surface area (Å²) >= 11 is 6.07. The number of hydrogen-bond donors (Lipinski definition) is 1. The maximum Gasteiger partial charge on any atom is 0.249 e. The molecule has 1 N–H and O–H groups in total. The molecule has 6 heteroatoms. The fraction of sp³-hybridized carbons (Fsp3) is 0.357. The van der Waals surface area contributed by atoms with Gasteiger partial charge in [-0.2, -0.15) is 0 Å². The number of hydrogen-bond acceptors (Lipinski definition) is 4. The minimum Gasteiger partial charge on any atom is -0.350 e. The molecule has 1 saturated heterocycles. The zero-order chi connectivity index (χ0) is 14.9. The smallest absolute Gasteiger partial charge is 0.249 e. The Morgan fingerprint density at radius 3 is 2.70 bits per heavy atom. The number of nitrogens with one attached hydrogen (secondary N) is 1. The van der Waals surface area contributed by atoms with Crippen LogP contribution in [-0.4, -0.2) is 30.2 Å². The number of nitrogens with zero attached hydrogens (tertiary/aromatic N) is 1. The number of rotatable bonds is 3. The van der Waals surface area contributed by atoms with Crippen LogP contribution >= 0.6 is 11.6 Å². The Morgan fingerprint density at radius 1 is 1.45 bits per heavy atom. The Kier molecular flexibility index (Phi) is 4.09. The molecule has 1 heterocycles. The lowest BCUT2D eigenvalue weighted by Gasteiger charge is -2.35. The summed E-state index contributed by atoms with van der Waals surface area (Å²) in [4.78, 5) is 36.4. The second kappa shape index (κ2) is 5.63. The van der Waals surface area contributed by atoms with Crippen LogP contribution in [0.25, 0.3) is 0 Å². The highest BCUT2D eigenvalue weighted by molar-refractivity contribution is 6.34. The SMILES string of the molecule is CCC1C(=O)NC(=O)CN1c1ccc(C(C)=O)c(Cl)c1. The quantitative estimate of drug-likeness (QED) is 0.682. The van der Waals surface area contributed by atoms with Crippen molar-refractivity contribution in [2.75, 3.05) is 11.4 Å². The number of amides is 2. The molecule has 0 spiro atoms. The predicted octanol–water partition coefficient (Wildman–Crippen LogP) is 1.78. The van der Waals surface area contributed by atoms with Crippen LogP contribution in [-0.2, 0) is 9.59 Å². The predicted molar refractivity (Wildman–Crippen MR) is 76.0 cm³/mol. The number of piperazine rings is 1. The first-order valence-corrected chi connectivity index (χ1v) is 6.72. The number of halogens is 1. The molecule has 0 saturated carbocycles. The Hall–Kier alpha value is -1.88. The molecular formula is C14H15ClN2O3. The molecule has 1 aromatic rings. The van der Waals surface area contributed by atoms with Gasteiger partial charge < -0.3 is 4.90 Å². The van der Waals surface area contributed by atoms with Crippen LogP contribution in [0.4, 0.5) is 5.69 Å². The summed E-state index contributed by atoms with van der Waals surface area (Å²) in [6, 6.07) is 4.53. The first kappa shape index (κ1) is 14.5. The molecule has 1 aliphatic heterocycles. The molecule has 1 aliphatic rings. The van der Waals surface area contributed by atoms with Gasteiger partial charge in [0.25, 0.3) is 0 Å². The average molecular weight is 295 g/mol. The van der Waals surface area contributed by atoms with E-state index >= 15 is 0 Å². The van der Waals surface area contributed by atoms with E-state index in [0.29, 0.717) is 22.7 Å². The van der Waals surface area contributed by atoms with Crippen LogP contribution in [0.1, 0.15) is 30.6 Å². The van der Waals surface area contributed by atoms with Crippen molar-refractivity contribution < 1.29 is 14.4 Å². The van der Waals surface area contributed by atoms with Crippen molar-refractivity contribution >= 4 is 34.9 Å². The van der Waals surface area contributed by atoms with Gasteiger partial charge in [-0.3, -0.25) is 19.7 Å². The van der Waals surface area contributed by atoms with Crippen molar-refractivity contribution in [1.82, 2.24) is 5.32 Å². The lowest BCUT2D eigenvalue weighted by atomic mass is 10.1. The molecule has 1 aromatic carbocycles. The van der Waals surface area contributed by atoms with E-state index in [1.165, 1.54) is 6.92 Å². The maximum atomic E-state index is 11.8. The highest BCUT2D eigenvalue weighted by atomic mass is 35.5. The minimum atomic E-state index is -0.410. The highest BCUT2D eigenvalue weighted by Crippen LogP contribution is 2.27. The zero-order valence-corrected chi connectivity index (χ0v) is 12.0. The Labute approximate surface area is 121 Å². The van der Waals surface area contributed by atoms with Crippen LogP contribution in [0.5, 0.6) is 0 Å². The summed E-state index contributed by atoms with van der Waals surface area (Å²) in [7, 11) is 0. The monoisotopic (exact) mass is 294 g/mol. The van der Waals surface area contributed by atoms with Crippen molar-refractivity contribution in [2.45, 2.75) is 26.3 Å². The summed E-state index contributed by atoms with van der Waals surface area (Å²) in [5.41, 5.74) is 1.09. The van der Waals surface area contributed by atoms with Crippen LogP contribution < -0.4 is 10.2 Å². The molecule has 0 aromatic heterocycles. The molecule has 1 atom stereocenters. The topological polar surface area (TPSA) is 66.5 Å². The van der Waals surface area contributed by atoms with Gasteiger partial charge in [0.15, 0.2) is 5.78 Å². The van der Waals surface area contributed by atoms with Crippen LogP contribution in [0.3, 0.4) is 0 Å². The van der Waals surface area contributed by atoms with Gasteiger partial charge in [-0.05, 0) is 31.5 Å². The van der Waals surface area contributed by atoms with Crippen molar-refractivity contribution in [3.63, 3.8) is 0 Å². The number of carbonyl (C=O) groups excluding carboxylic acids is 3. The third-order valence-electron chi connectivity index (χ3n) is 3.31. The minimum absolute atomic E-state index is 0.0972. The van der Waals surface area contributed by atoms with Gasteiger partial charge >= 0.3 is 0 Å². The number of ketones is 1. The van der Waals surface area contributed by atoms with E-state index in [1.807, 2.05) is 6.92 Å². The first-order valence-electron chi connectivity index (χ1n) is 6.35. The fourth-order valence-corrected chi connectivity index (χ4v) is 2.62. The summed E-state index contributed by atoms with van der Waals surface area (Å²) in [6.45, 7) is 3.41. The van der Waals surface area contributed by atoms with Gasteiger partial charge in [0.1, 0.15) is 6.04 Å². The molecule has 0 aliphatic carbocycles. The van der Waals surface area contributed by atoms with Gasteiger partial charge in [0, 0.05) is 11.3 Å². The largest absolute Gasteiger partial charge is 0.350 e. The Morgan fingerprint density at radius 2 is 2.15 bits per heavy atom. The summed E-state index contributed by atoms with van der Waals surface area (Å²) in [6.07, 6.45) is 0.575. The van der Waals surface area contributed by atoms with Crippen molar-refractivity contribution in [3.05, 3.63) is 28.8 Å². The molecular weight excluding hydrogens is 280 g/mol. The van der Waals surface area contributed by atoms with E-state index in [4.69, 9.17) is 11.6 Å². The summed E-state index contributed by atoms with van der Waals surface area (Å²) in [5, 5.41) is 2.64. The number of Topliss-reactive ketones (excluding diaryl/α,β-unsaturated/α-hetero) is 1. The lowest BCUT2D eigenvalue weighted by molar-refractivity contribution is -0.132. The molecule has 20 heavy (non-hydrogen) atoms. The molecule has 1 fully saturated rings.